The van der Waals surface area contributed by atoms with Crippen LogP contribution in [-0.4, -0.2) is 13.2 Å². The lowest BCUT2D eigenvalue weighted by atomic mass is 10.1. The Bertz CT molecular complexity index is 619. The molecular formula is C17H21FN2O2. The molecule has 0 radical (unpaired) electrons. The van der Waals surface area contributed by atoms with E-state index in [1.54, 1.807) is 24.3 Å². The number of hydrogen-bond donors (Lipinski definition) is 2. The summed E-state index contributed by atoms with van der Waals surface area (Å²) < 4.78 is 24.9. The van der Waals surface area contributed by atoms with Crippen LogP contribution in [0.1, 0.15) is 24.1 Å². The van der Waals surface area contributed by atoms with Crippen molar-refractivity contribution in [1.82, 2.24) is 0 Å². The third-order valence-electron chi connectivity index (χ3n) is 3.29. The molecule has 0 fully saturated rings. The molecule has 118 valence electrons. The first-order chi connectivity index (χ1) is 10.7. The van der Waals surface area contributed by atoms with Gasteiger partial charge < -0.3 is 20.9 Å². The van der Waals surface area contributed by atoms with Gasteiger partial charge in [0.05, 0.1) is 6.61 Å². The number of nitrogens with two attached hydrogens (primary N) is 2. The molecule has 4 N–H and O–H groups in total. The van der Waals surface area contributed by atoms with Gasteiger partial charge in [0, 0.05) is 18.2 Å². The molecule has 1 unspecified atom stereocenters. The Morgan fingerprint density at radius 3 is 2.55 bits per heavy atom. The van der Waals surface area contributed by atoms with Crippen LogP contribution in [0.15, 0.2) is 42.5 Å². The third-order valence-corrected chi connectivity index (χ3v) is 3.29. The molecule has 0 aliphatic carbocycles. The summed E-state index contributed by atoms with van der Waals surface area (Å²) in [5.74, 6) is 0.848. The van der Waals surface area contributed by atoms with E-state index in [0.717, 1.165) is 5.56 Å². The zero-order valence-corrected chi connectivity index (χ0v) is 12.6. The number of hydrogen-bond acceptors (Lipinski definition) is 4. The third kappa shape index (κ3) is 3.96. The molecule has 4 nitrogen and oxygen atoms in total. The van der Waals surface area contributed by atoms with Gasteiger partial charge >= 0.3 is 0 Å². The Balaban J connectivity index is 2.17. The van der Waals surface area contributed by atoms with Gasteiger partial charge in [0.2, 0.25) is 0 Å². The van der Waals surface area contributed by atoms with E-state index < -0.39 is 0 Å². The van der Waals surface area contributed by atoms with Crippen LogP contribution in [0, 0.1) is 5.82 Å². The Hall–Kier alpha value is -2.11. The van der Waals surface area contributed by atoms with Gasteiger partial charge in [-0.3, -0.25) is 0 Å². The topological polar surface area (TPSA) is 70.5 Å². The normalized spacial score (nSPS) is 12.0. The van der Waals surface area contributed by atoms with E-state index in [1.165, 1.54) is 6.07 Å². The van der Waals surface area contributed by atoms with E-state index in [1.807, 2.05) is 19.1 Å². The summed E-state index contributed by atoms with van der Waals surface area (Å²) in [7, 11) is 0. The molecule has 0 spiro atoms. The monoisotopic (exact) mass is 304 g/mol. The SMILES string of the molecule is CCOc1cc(C(N)CN)ccc1OCc1ccccc1F. The second kappa shape index (κ2) is 7.77. The molecule has 5 heteroatoms. The molecule has 0 heterocycles. The van der Waals surface area contributed by atoms with E-state index in [0.29, 0.717) is 30.2 Å². The lowest BCUT2D eigenvalue weighted by Crippen LogP contribution is -2.20. The van der Waals surface area contributed by atoms with Crippen LogP contribution >= 0.6 is 0 Å². The molecule has 22 heavy (non-hydrogen) atoms. The summed E-state index contributed by atoms with van der Waals surface area (Å²) in [4.78, 5) is 0. The Morgan fingerprint density at radius 2 is 1.86 bits per heavy atom. The van der Waals surface area contributed by atoms with Crippen molar-refractivity contribution in [2.75, 3.05) is 13.2 Å². The second-order valence-corrected chi connectivity index (χ2v) is 4.86. The summed E-state index contributed by atoms with van der Waals surface area (Å²) in [5.41, 5.74) is 12.9. The first kappa shape index (κ1) is 16.3. The molecule has 0 bridgehead atoms. The van der Waals surface area contributed by atoms with E-state index >= 15 is 0 Å². The highest BCUT2D eigenvalue weighted by Gasteiger charge is 2.11. The first-order valence-electron chi connectivity index (χ1n) is 7.24. The van der Waals surface area contributed by atoms with Crippen molar-refractivity contribution in [3.05, 3.63) is 59.4 Å². The van der Waals surface area contributed by atoms with Crippen molar-refractivity contribution in [3.8, 4) is 11.5 Å². The highest BCUT2D eigenvalue weighted by molar-refractivity contribution is 5.44. The van der Waals surface area contributed by atoms with Gasteiger partial charge in [-0.2, -0.15) is 0 Å². The number of halogens is 1. The molecule has 2 aromatic carbocycles. The summed E-state index contributed by atoms with van der Waals surface area (Å²) in [6, 6.07) is 11.7. The number of rotatable bonds is 7. The van der Waals surface area contributed by atoms with Crippen LogP contribution < -0.4 is 20.9 Å². The van der Waals surface area contributed by atoms with Gasteiger partial charge in [-0.15, -0.1) is 0 Å². The lowest BCUT2D eigenvalue weighted by Gasteiger charge is -2.16. The number of ether oxygens (including phenoxy) is 2. The van der Waals surface area contributed by atoms with E-state index in [-0.39, 0.29) is 18.5 Å². The Labute approximate surface area is 129 Å². The van der Waals surface area contributed by atoms with Crippen LogP contribution in [-0.2, 0) is 6.61 Å². The Kier molecular flexibility index (Phi) is 5.75. The van der Waals surface area contributed by atoms with Crippen molar-refractivity contribution in [2.45, 2.75) is 19.6 Å². The van der Waals surface area contributed by atoms with Gasteiger partial charge in [0.15, 0.2) is 11.5 Å². The average Bonchev–Trinajstić information content (AvgIpc) is 2.54. The van der Waals surface area contributed by atoms with E-state index in [9.17, 15) is 4.39 Å². The van der Waals surface area contributed by atoms with Crippen LogP contribution in [0.4, 0.5) is 4.39 Å². The molecule has 0 aliphatic rings. The summed E-state index contributed by atoms with van der Waals surface area (Å²) in [6.45, 7) is 2.86. The molecule has 2 aromatic rings. The molecule has 0 aromatic heterocycles. The lowest BCUT2D eigenvalue weighted by molar-refractivity contribution is 0.265. The summed E-state index contributed by atoms with van der Waals surface area (Å²) in [6.07, 6.45) is 0. The fraction of sp³-hybridized carbons (Fsp3) is 0.294. The maximum Gasteiger partial charge on any atom is 0.161 e. The van der Waals surface area contributed by atoms with Crippen molar-refractivity contribution >= 4 is 0 Å². The van der Waals surface area contributed by atoms with Gasteiger partial charge in [0.1, 0.15) is 12.4 Å². The second-order valence-electron chi connectivity index (χ2n) is 4.86. The minimum atomic E-state index is -0.290. The van der Waals surface area contributed by atoms with Crippen molar-refractivity contribution in [3.63, 3.8) is 0 Å². The minimum absolute atomic E-state index is 0.134. The van der Waals surface area contributed by atoms with Gasteiger partial charge in [0.25, 0.3) is 0 Å². The van der Waals surface area contributed by atoms with Crippen LogP contribution in [0.25, 0.3) is 0 Å². The summed E-state index contributed by atoms with van der Waals surface area (Å²) >= 11 is 0. The number of benzene rings is 2. The molecule has 0 saturated heterocycles. The zero-order chi connectivity index (χ0) is 15.9. The van der Waals surface area contributed by atoms with Crippen molar-refractivity contribution < 1.29 is 13.9 Å². The maximum atomic E-state index is 13.6. The van der Waals surface area contributed by atoms with Crippen LogP contribution in [0.2, 0.25) is 0 Å². The highest BCUT2D eigenvalue weighted by Crippen LogP contribution is 2.31. The molecular weight excluding hydrogens is 283 g/mol. The molecule has 0 aliphatic heterocycles. The molecule has 0 amide bonds. The largest absolute Gasteiger partial charge is 0.490 e. The van der Waals surface area contributed by atoms with Crippen molar-refractivity contribution in [1.29, 1.82) is 0 Å². The van der Waals surface area contributed by atoms with Crippen LogP contribution in [0.3, 0.4) is 0 Å². The van der Waals surface area contributed by atoms with Crippen molar-refractivity contribution in [2.24, 2.45) is 11.5 Å². The quantitative estimate of drug-likeness (QED) is 0.825. The first-order valence-corrected chi connectivity index (χ1v) is 7.24. The van der Waals surface area contributed by atoms with Gasteiger partial charge in [-0.05, 0) is 30.7 Å². The van der Waals surface area contributed by atoms with Gasteiger partial charge in [-0.1, -0.05) is 24.3 Å². The van der Waals surface area contributed by atoms with Gasteiger partial charge in [-0.25, -0.2) is 4.39 Å². The average molecular weight is 304 g/mol. The highest BCUT2D eigenvalue weighted by atomic mass is 19.1. The fourth-order valence-corrected chi connectivity index (χ4v) is 2.05. The smallest absolute Gasteiger partial charge is 0.161 e. The predicted molar refractivity (Wildman–Crippen MR) is 84.3 cm³/mol. The molecule has 1 atom stereocenters. The zero-order valence-electron chi connectivity index (χ0n) is 12.6. The predicted octanol–water partition coefficient (Wildman–Crippen LogP) is 2.76. The van der Waals surface area contributed by atoms with E-state index in [2.05, 4.69) is 0 Å². The Morgan fingerprint density at radius 1 is 1.09 bits per heavy atom. The standard InChI is InChI=1S/C17H21FN2O2/c1-2-21-17-9-12(15(20)10-19)7-8-16(17)22-11-13-5-3-4-6-14(13)18/h3-9,15H,2,10-11,19-20H2,1H3. The fourth-order valence-electron chi connectivity index (χ4n) is 2.05. The molecule has 2 rings (SSSR count). The summed E-state index contributed by atoms with van der Waals surface area (Å²) in [5, 5.41) is 0. The van der Waals surface area contributed by atoms with E-state index in [4.69, 9.17) is 20.9 Å². The minimum Gasteiger partial charge on any atom is -0.490 e. The van der Waals surface area contributed by atoms with Crippen LogP contribution in [0.5, 0.6) is 11.5 Å². The maximum absolute atomic E-state index is 13.6. The molecule has 0 saturated carbocycles.